The number of aromatic nitrogens is 2. The van der Waals surface area contributed by atoms with Crippen LogP contribution in [0, 0.1) is 0 Å². The molecule has 0 amide bonds. The first kappa shape index (κ1) is 40.5. The van der Waals surface area contributed by atoms with Gasteiger partial charge in [0.15, 0.2) is 0 Å². The molecule has 0 fully saturated rings. The summed E-state index contributed by atoms with van der Waals surface area (Å²) in [6.07, 6.45) is 2.42. The summed E-state index contributed by atoms with van der Waals surface area (Å²) in [7, 11) is 1.00. The fourth-order valence-electron chi connectivity index (χ4n) is 4.32. The van der Waals surface area contributed by atoms with Crippen molar-refractivity contribution in [1.82, 2.24) is 20.0 Å². The van der Waals surface area contributed by atoms with Gasteiger partial charge in [-0.15, -0.1) is 0 Å². The highest BCUT2D eigenvalue weighted by Crippen LogP contribution is 2.40. The predicted octanol–water partition coefficient (Wildman–Crippen LogP) is 4.46. The van der Waals surface area contributed by atoms with E-state index in [-0.39, 0.29) is 59.8 Å². The molecule has 0 spiro atoms. The Balaban J connectivity index is 0.00000201. The summed E-state index contributed by atoms with van der Waals surface area (Å²) in [5.41, 5.74) is 14.9. The van der Waals surface area contributed by atoms with Crippen LogP contribution in [-0.4, -0.2) is 61.1 Å². The first-order valence-electron chi connectivity index (χ1n) is 14.0. The Hall–Kier alpha value is -4.67. The monoisotopic (exact) mass is 754 g/mol. The molecule has 0 bridgehead atoms. The topological polar surface area (TPSA) is 252 Å². The smallest absolute Gasteiger partial charge is 0.324 e. The number of nitrogens with two attached hydrogens (primary N) is 4. The number of carbonyl (C=O) groups excluding carboxylic acids is 2. The normalized spacial score (nSPS) is 11.1. The summed E-state index contributed by atoms with van der Waals surface area (Å²) in [6.45, 7) is 3.47. The fourth-order valence-corrected chi connectivity index (χ4v) is 5.15. The number of nitrogens with one attached hydrogen (secondary N) is 2. The number of rotatable bonds is 11. The van der Waals surface area contributed by atoms with Crippen LogP contribution < -0.4 is 28.6 Å². The van der Waals surface area contributed by atoms with E-state index in [9.17, 15) is 19.5 Å². The molecule has 49 heavy (non-hydrogen) atoms. The molecule has 0 unspecified atom stereocenters. The van der Waals surface area contributed by atoms with Gasteiger partial charge in [-0.25, -0.2) is 5.84 Å². The number of carbonyl (C=O) groups is 3. The highest BCUT2D eigenvalue weighted by atomic mass is 35.5. The molecule has 0 radical (unpaired) electrons. The number of ketones is 2. The van der Waals surface area contributed by atoms with Crippen LogP contribution >= 0.6 is 46.4 Å². The Morgan fingerprint density at radius 3 is 2.06 bits per heavy atom. The fraction of sp³-hybridized carbons (Fsp3) is 0.129. The van der Waals surface area contributed by atoms with Crippen LogP contribution in [0.3, 0.4) is 0 Å². The van der Waals surface area contributed by atoms with Gasteiger partial charge in [0.1, 0.15) is 33.3 Å². The van der Waals surface area contributed by atoms with Gasteiger partial charge in [0.25, 0.3) is 0 Å². The van der Waals surface area contributed by atoms with E-state index in [1.165, 1.54) is 47.2 Å². The van der Waals surface area contributed by atoms with Gasteiger partial charge in [0.05, 0.1) is 33.4 Å². The van der Waals surface area contributed by atoms with E-state index in [4.69, 9.17) is 79.8 Å². The third-order valence-electron chi connectivity index (χ3n) is 6.43. The largest absolute Gasteiger partial charge is 0.507 e. The molecule has 14 nitrogen and oxygen atoms in total. The van der Waals surface area contributed by atoms with Crippen molar-refractivity contribution in [3.05, 3.63) is 115 Å². The van der Waals surface area contributed by atoms with Crippen molar-refractivity contribution in [2.24, 2.45) is 23.2 Å². The number of phenolic OH excluding ortho intramolecular Hbond substituents is 1. The molecule has 2 aromatic heterocycles. The first-order chi connectivity index (χ1) is 23.3. The van der Waals surface area contributed by atoms with Gasteiger partial charge >= 0.3 is 5.97 Å². The molecule has 4 aromatic rings. The molecular formula is C31H34Cl4N8O6. The minimum atomic E-state index is -1.19. The molecule has 2 heterocycles. The average Bonchev–Trinajstić information content (AvgIpc) is 3.55. The van der Waals surface area contributed by atoms with E-state index in [1.54, 1.807) is 12.1 Å². The van der Waals surface area contributed by atoms with Crippen molar-refractivity contribution < 1.29 is 29.7 Å². The number of aromatic hydroxyl groups is 1. The summed E-state index contributed by atoms with van der Waals surface area (Å²) in [6, 6.07) is 11.5. The number of aliphatic carboxylic acids is 1. The van der Waals surface area contributed by atoms with E-state index in [0.717, 1.165) is 18.3 Å². The Kier molecular flexibility index (Phi) is 15.0. The second-order valence-electron chi connectivity index (χ2n) is 9.32. The lowest BCUT2D eigenvalue weighted by Crippen LogP contribution is -2.31. The molecule has 0 aliphatic heterocycles. The zero-order valence-electron chi connectivity index (χ0n) is 26.3. The second-order valence-corrected chi connectivity index (χ2v) is 10.8. The lowest BCUT2D eigenvalue weighted by atomic mass is 10.0. The third-order valence-corrected chi connectivity index (χ3v) is 7.94. The van der Waals surface area contributed by atoms with Crippen LogP contribution in [0.15, 0.2) is 60.9 Å². The van der Waals surface area contributed by atoms with Gasteiger partial charge < -0.3 is 42.2 Å². The average molecular weight is 756 g/mol. The van der Waals surface area contributed by atoms with E-state index >= 15 is 0 Å². The number of nitrogens with zero attached hydrogens (tertiary/aromatic N) is 2. The Bertz CT molecular complexity index is 1890. The summed E-state index contributed by atoms with van der Waals surface area (Å²) < 4.78 is 1.18. The Morgan fingerprint density at radius 2 is 1.53 bits per heavy atom. The molecule has 2 aromatic carbocycles. The van der Waals surface area contributed by atoms with Crippen molar-refractivity contribution in [3.8, 4) is 11.4 Å². The maximum absolute atomic E-state index is 13.8. The molecular weight excluding hydrogens is 722 g/mol. The molecule has 13 N–H and O–H groups in total. The number of hydrogen-bond acceptors (Lipinski definition) is 11. The van der Waals surface area contributed by atoms with Gasteiger partial charge in [-0.3, -0.25) is 24.8 Å². The van der Waals surface area contributed by atoms with Crippen LogP contribution in [0.1, 0.15) is 57.1 Å². The highest BCUT2D eigenvalue weighted by Gasteiger charge is 2.30. The minimum absolute atomic E-state index is 0.0132. The van der Waals surface area contributed by atoms with Gasteiger partial charge in [-0.2, -0.15) is 0 Å². The number of carboxylic acids is 1. The van der Waals surface area contributed by atoms with E-state index in [2.05, 4.69) is 10.4 Å². The van der Waals surface area contributed by atoms with Crippen molar-refractivity contribution in [1.29, 1.82) is 0 Å². The number of H-pyrrole nitrogens is 1. The molecule has 0 aliphatic rings. The summed E-state index contributed by atoms with van der Waals surface area (Å²) in [5.74, 6) is 8.07. The number of halogens is 4. The van der Waals surface area contributed by atoms with Crippen LogP contribution in [0.25, 0.3) is 17.1 Å². The zero-order chi connectivity index (χ0) is 37.2. The van der Waals surface area contributed by atoms with Crippen LogP contribution in [-0.2, 0) is 4.79 Å². The number of aromatic amines is 1. The van der Waals surface area contributed by atoms with Crippen LogP contribution in [0.2, 0.25) is 20.4 Å². The number of phenols is 1. The second kappa shape index (κ2) is 18.2. The predicted molar refractivity (Wildman–Crippen MR) is 191 cm³/mol. The van der Waals surface area contributed by atoms with Crippen molar-refractivity contribution >= 4 is 75.3 Å². The van der Waals surface area contributed by atoms with E-state index < -0.39 is 29.8 Å². The lowest BCUT2D eigenvalue weighted by molar-refractivity contribution is -0.137. The molecule has 0 aliphatic carbocycles. The Labute approximate surface area is 301 Å². The van der Waals surface area contributed by atoms with Crippen molar-refractivity contribution in [2.45, 2.75) is 13.8 Å². The number of hydrogen-bond donors (Lipinski definition) is 9. The Morgan fingerprint density at radius 1 is 0.959 bits per heavy atom. The number of hydrazine groups is 2. The molecule has 0 saturated carbocycles. The highest BCUT2D eigenvalue weighted by molar-refractivity contribution is 6.45. The summed E-state index contributed by atoms with van der Waals surface area (Å²) in [4.78, 5) is 41.0. The maximum atomic E-state index is 13.8. The quantitative estimate of drug-likeness (QED) is 0.0585. The molecule has 262 valence electrons. The van der Waals surface area contributed by atoms with Gasteiger partial charge in [-0.05, 0) is 18.2 Å². The van der Waals surface area contributed by atoms with Gasteiger partial charge in [-0.1, -0.05) is 90.6 Å². The van der Waals surface area contributed by atoms with E-state index in [0.29, 0.717) is 11.3 Å². The SMILES string of the molecule is CC.CO.N/C=C(\NN)c1ccc(C(=O)c2cc(Cl)c(Cl)n2-c2c(C(=O)c3ccc(/C(N)=C/N(N)CC(=O)O)cc3O)[nH]c(Cl)c2Cl)cc1. The van der Waals surface area contributed by atoms with Crippen molar-refractivity contribution in [3.63, 3.8) is 0 Å². The minimum Gasteiger partial charge on any atom is -0.507 e. The lowest BCUT2D eigenvalue weighted by Gasteiger charge is -2.14. The summed E-state index contributed by atoms with van der Waals surface area (Å²) in [5, 5.41) is 27.0. The summed E-state index contributed by atoms with van der Waals surface area (Å²) >= 11 is 25.7. The first-order valence-corrected chi connectivity index (χ1v) is 15.5. The number of carboxylic acid groups (broad SMARTS) is 1. The number of aliphatic hydroxyl groups is 1. The van der Waals surface area contributed by atoms with Crippen LogP contribution in [0.5, 0.6) is 5.75 Å². The molecule has 4 rings (SSSR count). The molecule has 0 atom stereocenters. The molecule has 18 heteroatoms. The maximum Gasteiger partial charge on any atom is 0.324 e. The standard InChI is InChI=1S/C28H24Cl4N8O5.C2H6.CH4O/c29-16-8-19(25(44)13-3-1-12(2-4-13)18(9-33)38-35)40(28(16)32)24-22(30)27(31)37-23(24)26(45)15-6-5-14(7-20(15)41)17(34)10-39(36)11-21(42)43;2*1-2/h1-10,37-38,41H,11,33-36H2,(H,42,43);1-2H3;2H,1H3/b17-10-,18-9-;;. The third kappa shape index (κ3) is 9.07. The van der Waals surface area contributed by atoms with Crippen LogP contribution in [0.4, 0.5) is 0 Å². The van der Waals surface area contributed by atoms with Crippen molar-refractivity contribution in [2.75, 3.05) is 13.7 Å². The number of aliphatic hydroxyl groups excluding tert-OH is 1. The van der Waals surface area contributed by atoms with Gasteiger partial charge in [0.2, 0.25) is 11.6 Å². The van der Waals surface area contributed by atoms with Gasteiger partial charge in [0, 0.05) is 36.2 Å². The van der Waals surface area contributed by atoms with E-state index in [1.807, 2.05) is 13.8 Å². The molecule has 0 saturated heterocycles. The number of benzene rings is 2. The zero-order valence-corrected chi connectivity index (χ0v) is 29.3.